The molecule has 0 spiro atoms. The Kier molecular flexibility index (Phi) is 6.05. The minimum Gasteiger partial charge on any atom is -0.506 e. The molecule has 0 radical (unpaired) electrons. The Bertz CT molecular complexity index is 2300. The van der Waals surface area contributed by atoms with Crippen LogP contribution >= 0.6 is 0 Å². The summed E-state index contributed by atoms with van der Waals surface area (Å²) in [6, 6.07) is 52.1. The monoisotopic (exact) mass is 568 g/mol. The lowest BCUT2D eigenvalue weighted by molar-refractivity contribution is 0.477. The molecule has 0 aliphatic carbocycles. The van der Waals surface area contributed by atoms with Crippen LogP contribution in [-0.4, -0.2) is 5.11 Å². The lowest BCUT2D eigenvalue weighted by Crippen LogP contribution is -2.11. The second-order valence-corrected chi connectivity index (χ2v) is 11.0. The number of phenols is 1. The first-order chi connectivity index (χ1) is 21.6. The van der Waals surface area contributed by atoms with E-state index in [0.717, 1.165) is 50.1 Å². The molecule has 0 amide bonds. The van der Waals surface area contributed by atoms with Crippen molar-refractivity contribution in [2.75, 3.05) is 10.6 Å². The number of benzene rings is 7. The molecule has 8 aromatic rings. The van der Waals surface area contributed by atoms with Crippen LogP contribution in [0.2, 0.25) is 0 Å². The van der Waals surface area contributed by atoms with Gasteiger partial charge in [0.1, 0.15) is 16.9 Å². The summed E-state index contributed by atoms with van der Waals surface area (Å²) in [4.78, 5) is 2.29. The van der Waals surface area contributed by atoms with E-state index in [1.165, 1.54) is 16.3 Å². The molecule has 0 aliphatic rings. The Morgan fingerprint density at radius 3 is 2.05 bits per heavy atom. The van der Waals surface area contributed by atoms with Gasteiger partial charge in [-0.05, 0) is 69.9 Å². The van der Waals surface area contributed by atoms with Crippen molar-refractivity contribution >= 4 is 55.5 Å². The molecule has 0 unspecified atom stereocenters. The molecule has 1 heterocycles. The topological polar surface area (TPSA) is 62.6 Å². The third-order valence-corrected chi connectivity index (χ3v) is 8.30. The molecule has 7 aromatic carbocycles. The molecular weight excluding hydrogens is 540 g/mol. The van der Waals surface area contributed by atoms with E-state index in [9.17, 15) is 5.11 Å². The number of nitrogens with zero attached hydrogens (tertiary/aromatic N) is 1. The molecule has 0 bridgehead atoms. The first-order valence-electron chi connectivity index (χ1n) is 14.6. The number of fused-ring (bicyclic) bond motifs is 4. The summed E-state index contributed by atoms with van der Waals surface area (Å²) < 4.78 is 6.25. The highest BCUT2D eigenvalue weighted by Gasteiger charge is 2.22. The summed E-state index contributed by atoms with van der Waals surface area (Å²) >= 11 is 0. The number of hydrogen-bond acceptors (Lipinski definition) is 4. The molecule has 0 aliphatic heterocycles. The van der Waals surface area contributed by atoms with Gasteiger partial charge in [-0.1, -0.05) is 103 Å². The zero-order valence-electron chi connectivity index (χ0n) is 23.8. The van der Waals surface area contributed by atoms with Gasteiger partial charge in [0, 0.05) is 22.7 Å². The molecule has 0 saturated carbocycles. The van der Waals surface area contributed by atoms with Crippen molar-refractivity contribution < 1.29 is 9.52 Å². The summed E-state index contributed by atoms with van der Waals surface area (Å²) in [5.41, 5.74) is 15.3. The van der Waals surface area contributed by atoms with Crippen molar-refractivity contribution in [2.45, 2.75) is 0 Å². The molecule has 0 atom stereocenters. The van der Waals surface area contributed by atoms with E-state index in [1.54, 1.807) is 12.1 Å². The molecule has 0 saturated heterocycles. The zero-order valence-corrected chi connectivity index (χ0v) is 23.8. The Balaban J connectivity index is 1.39. The second kappa shape index (κ2) is 10.4. The van der Waals surface area contributed by atoms with E-state index in [1.807, 2.05) is 18.2 Å². The van der Waals surface area contributed by atoms with Crippen LogP contribution in [0.3, 0.4) is 0 Å². The Hall–Kier alpha value is -6.00. The van der Waals surface area contributed by atoms with E-state index in [-0.39, 0.29) is 5.75 Å². The van der Waals surface area contributed by atoms with Crippen LogP contribution in [0, 0.1) is 0 Å². The van der Waals surface area contributed by atoms with E-state index in [2.05, 4.69) is 126 Å². The molecule has 8 rings (SSSR count). The molecular formula is C40H28N2O2. The van der Waals surface area contributed by atoms with Crippen LogP contribution in [0.4, 0.5) is 22.7 Å². The fourth-order valence-corrected chi connectivity index (χ4v) is 6.16. The van der Waals surface area contributed by atoms with Gasteiger partial charge in [-0.15, -0.1) is 0 Å². The first-order valence-corrected chi connectivity index (χ1v) is 14.6. The third kappa shape index (κ3) is 4.32. The van der Waals surface area contributed by atoms with E-state index >= 15 is 0 Å². The minimum atomic E-state index is 0.00751. The Morgan fingerprint density at radius 2 is 1.20 bits per heavy atom. The number of furan rings is 1. The average molecular weight is 569 g/mol. The van der Waals surface area contributed by atoms with Crippen LogP contribution in [0.5, 0.6) is 5.75 Å². The van der Waals surface area contributed by atoms with E-state index in [4.69, 9.17) is 10.2 Å². The number of anilines is 4. The largest absolute Gasteiger partial charge is 0.506 e. The lowest BCUT2D eigenvalue weighted by Gasteiger charge is -2.28. The Morgan fingerprint density at radius 1 is 0.523 bits per heavy atom. The molecule has 4 nitrogen and oxygen atoms in total. The summed E-state index contributed by atoms with van der Waals surface area (Å²) in [5.74, 6) is 0.00751. The van der Waals surface area contributed by atoms with Crippen molar-refractivity contribution in [2.24, 2.45) is 0 Å². The van der Waals surface area contributed by atoms with Gasteiger partial charge in [-0.3, -0.25) is 0 Å². The van der Waals surface area contributed by atoms with Gasteiger partial charge < -0.3 is 20.2 Å². The van der Waals surface area contributed by atoms with Crippen LogP contribution in [0.1, 0.15) is 0 Å². The molecule has 4 heteroatoms. The normalized spacial score (nSPS) is 11.4. The van der Waals surface area contributed by atoms with Gasteiger partial charge in [0.15, 0.2) is 0 Å². The summed E-state index contributed by atoms with van der Waals surface area (Å²) in [6.45, 7) is 0. The summed E-state index contributed by atoms with van der Waals surface area (Å²) in [5, 5.41) is 14.5. The quantitative estimate of drug-likeness (QED) is 0.160. The van der Waals surface area contributed by atoms with Crippen LogP contribution in [-0.2, 0) is 0 Å². The fraction of sp³-hybridized carbons (Fsp3) is 0. The third-order valence-electron chi connectivity index (χ3n) is 8.30. The predicted molar refractivity (Wildman–Crippen MR) is 183 cm³/mol. The number of phenolic OH excluding ortho intramolecular Hbond substituents is 1. The fourth-order valence-electron chi connectivity index (χ4n) is 6.16. The van der Waals surface area contributed by atoms with Crippen molar-refractivity contribution in [1.29, 1.82) is 0 Å². The van der Waals surface area contributed by atoms with Gasteiger partial charge in [0.2, 0.25) is 0 Å². The van der Waals surface area contributed by atoms with Crippen LogP contribution in [0.15, 0.2) is 156 Å². The van der Waals surface area contributed by atoms with Crippen molar-refractivity contribution in [3.8, 4) is 28.0 Å². The van der Waals surface area contributed by atoms with E-state index in [0.29, 0.717) is 11.3 Å². The smallest absolute Gasteiger partial charge is 0.142 e. The maximum Gasteiger partial charge on any atom is 0.142 e. The predicted octanol–water partition coefficient (Wildman–Crippen LogP) is 10.8. The minimum absolute atomic E-state index is 0.00751. The average Bonchev–Trinajstić information content (AvgIpc) is 3.43. The van der Waals surface area contributed by atoms with Gasteiger partial charge in [-0.2, -0.15) is 0 Å². The number of rotatable bonds is 5. The number of nitrogens with two attached hydrogens (primary N) is 1. The van der Waals surface area contributed by atoms with Crippen molar-refractivity contribution in [1.82, 2.24) is 0 Å². The van der Waals surface area contributed by atoms with Crippen molar-refractivity contribution in [3.05, 3.63) is 152 Å². The van der Waals surface area contributed by atoms with E-state index < -0.39 is 0 Å². The molecule has 44 heavy (non-hydrogen) atoms. The van der Waals surface area contributed by atoms with Gasteiger partial charge in [-0.25, -0.2) is 0 Å². The maximum atomic E-state index is 10.3. The van der Waals surface area contributed by atoms with Crippen molar-refractivity contribution in [3.63, 3.8) is 0 Å². The van der Waals surface area contributed by atoms with Gasteiger partial charge in [0.05, 0.1) is 22.4 Å². The maximum absolute atomic E-state index is 10.3. The number of nitrogen functional groups attached to an aromatic ring is 1. The molecule has 210 valence electrons. The summed E-state index contributed by atoms with van der Waals surface area (Å²) in [7, 11) is 0. The molecule has 1 aromatic heterocycles. The summed E-state index contributed by atoms with van der Waals surface area (Å²) in [6.07, 6.45) is 0. The number of hydrogen-bond donors (Lipinski definition) is 2. The van der Waals surface area contributed by atoms with Crippen LogP contribution in [0.25, 0.3) is 55.0 Å². The second-order valence-electron chi connectivity index (χ2n) is 11.0. The Labute approximate surface area is 254 Å². The van der Waals surface area contributed by atoms with Gasteiger partial charge in [0.25, 0.3) is 0 Å². The molecule has 3 N–H and O–H groups in total. The number of aromatic hydroxyl groups is 1. The first kappa shape index (κ1) is 25.7. The lowest BCUT2D eigenvalue weighted by atomic mass is 9.98. The highest BCUT2D eigenvalue weighted by Crippen LogP contribution is 2.47. The van der Waals surface area contributed by atoms with Crippen LogP contribution < -0.4 is 10.6 Å². The standard InChI is InChI=1S/C40H28N2O2/c41-34-24-33-39(25-37(34)43)44-38-16-8-15-36(40(33)38)42(31-21-19-28(20-22-31)26-9-2-1-3-10-26)35-14-7-6-13-32(35)30-18-17-27-11-4-5-12-29(27)23-30/h1-25,43H,41H2. The SMILES string of the molecule is Nc1cc2c(cc1O)oc1cccc(N(c3ccc(-c4ccccc4)cc3)c3ccccc3-c3ccc4ccccc4c3)c12. The molecule has 0 fully saturated rings. The highest BCUT2D eigenvalue weighted by molar-refractivity contribution is 6.15. The zero-order chi connectivity index (χ0) is 29.6. The highest BCUT2D eigenvalue weighted by atomic mass is 16.3. The number of para-hydroxylation sites is 1. The van der Waals surface area contributed by atoms with Gasteiger partial charge >= 0.3 is 0 Å².